The second-order valence-electron chi connectivity index (χ2n) is 7.31. The lowest BCUT2D eigenvalue weighted by molar-refractivity contribution is -0.120. The van der Waals surface area contributed by atoms with Crippen LogP contribution in [0.3, 0.4) is 0 Å². The van der Waals surface area contributed by atoms with Crippen LogP contribution in [0, 0.1) is 5.92 Å². The minimum atomic E-state index is -1.01. The molecule has 30 heavy (non-hydrogen) atoms. The van der Waals surface area contributed by atoms with E-state index in [0.29, 0.717) is 0 Å². The van der Waals surface area contributed by atoms with Crippen LogP contribution in [0.4, 0.5) is 5.82 Å². The monoisotopic (exact) mass is 409 g/mol. The largest absolute Gasteiger partial charge is 0.462 e. The van der Waals surface area contributed by atoms with Crippen LogP contribution in [0.5, 0.6) is 0 Å². The molecule has 1 aliphatic rings. The Hall–Kier alpha value is -3.55. The topological polar surface area (TPSA) is 106 Å². The zero-order valence-corrected chi connectivity index (χ0v) is 17.0. The van der Waals surface area contributed by atoms with Gasteiger partial charge in [0.2, 0.25) is 5.91 Å². The van der Waals surface area contributed by atoms with Crippen LogP contribution in [0.15, 0.2) is 42.6 Å². The Morgan fingerprint density at radius 1 is 1.10 bits per heavy atom. The van der Waals surface area contributed by atoms with E-state index in [2.05, 4.69) is 10.3 Å². The van der Waals surface area contributed by atoms with Crippen LogP contribution >= 0.6 is 0 Å². The van der Waals surface area contributed by atoms with Gasteiger partial charge < -0.3 is 10.1 Å². The second kappa shape index (κ2) is 8.86. The van der Waals surface area contributed by atoms with E-state index in [0.717, 1.165) is 4.90 Å². The number of amides is 3. The van der Waals surface area contributed by atoms with Crippen molar-refractivity contribution in [3.63, 3.8) is 0 Å². The molecule has 1 aliphatic heterocycles. The first kappa shape index (κ1) is 21.2. The van der Waals surface area contributed by atoms with E-state index in [-0.39, 0.29) is 41.5 Å². The van der Waals surface area contributed by atoms with Crippen molar-refractivity contribution in [2.45, 2.75) is 33.2 Å². The molecule has 1 atom stereocenters. The van der Waals surface area contributed by atoms with E-state index in [1.165, 1.54) is 18.3 Å². The molecule has 0 saturated heterocycles. The standard InChI is InChI=1S/C22H23N3O5/c1-4-30-22(29)14-9-10-23-18(12-14)24-19(26)17(11-13(2)3)25-20(27)15-7-5-6-8-16(15)21(25)28/h5-10,12-13,17H,4,11H2,1-3H3,(H,23,24,26). The van der Waals surface area contributed by atoms with Crippen molar-refractivity contribution in [3.05, 3.63) is 59.3 Å². The molecule has 0 bridgehead atoms. The third-order valence-electron chi connectivity index (χ3n) is 4.66. The molecule has 8 nitrogen and oxygen atoms in total. The summed E-state index contributed by atoms with van der Waals surface area (Å²) in [6.45, 7) is 5.72. The van der Waals surface area contributed by atoms with Crippen molar-refractivity contribution >= 4 is 29.5 Å². The lowest BCUT2D eigenvalue weighted by atomic mass is 10.0. The number of carbonyl (C=O) groups is 4. The first-order valence-electron chi connectivity index (χ1n) is 9.74. The van der Waals surface area contributed by atoms with Gasteiger partial charge in [-0.25, -0.2) is 9.78 Å². The minimum Gasteiger partial charge on any atom is -0.462 e. The van der Waals surface area contributed by atoms with Crippen molar-refractivity contribution in [1.29, 1.82) is 0 Å². The predicted molar refractivity (Wildman–Crippen MR) is 109 cm³/mol. The van der Waals surface area contributed by atoms with Crippen LogP contribution in [-0.2, 0) is 9.53 Å². The molecule has 0 spiro atoms. The van der Waals surface area contributed by atoms with Crippen molar-refractivity contribution in [2.75, 3.05) is 11.9 Å². The molecular weight excluding hydrogens is 386 g/mol. The summed E-state index contributed by atoms with van der Waals surface area (Å²) in [7, 11) is 0. The SMILES string of the molecule is CCOC(=O)c1ccnc(NC(=O)C(CC(C)C)N2C(=O)c3ccccc3C2=O)c1. The Labute approximate surface area is 174 Å². The molecule has 0 fully saturated rings. The average Bonchev–Trinajstić information content (AvgIpc) is 2.97. The van der Waals surface area contributed by atoms with Crippen molar-refractivity contribution in [2.24, 2.45) is 5.92 Å². The number of hydrogen-bond acceptors (Lipinski definition) is 6. The number of aromatic nitrogens is 1. The third-order valence-corrected chi connectivity index (χ3v) is 4.66. The number of rotatable bonds is 7. The fourth-order valence-corrected chi connectivity index (χ4v) is 3.32. The highest BCUT2D eigenvalue weighted by Gasteiger charge is 2.42. The predicted octanol–water partition coefficient (Wildman–Crippen LogP) is 2.91. The third kappa shape index (κ3) is 4.22. The number of esters is 1. The molecule has 1 aromatic carbocycles. The van der Waals surface area contributed by atoms with Crippen LogP contribution in [0.1, 0.15) is 58.3 Å². The zero-order valence-electron chi connectivity index (χ0n) is 17.0. The molecule has 1 N–H and O–H groups in total. The highest BCUT2D eigenvalue weighted by atomic mass is 16.5. The Morgan fingerprint density at radius 2 is 1.73 bits per heavy atom. The number of benzene rings is 1. The molecule has 2 aromatic rings. The maximum Gasteiger partial charge on any atom is 0.338 e. The first-order valence-corrected chi connectivity index (χ1v) is 9.74. The summed E-state index contributed by atoms with van der Waals surface area (Å²) in [6.07, 6.45) is 1.66. The summed E-state index contributed by atoms with van der Waals surface area (Å²) in [5.41, 5.74) is 0.807. The summed E-state index contributed by atoms with van der Waals surface area (Å²) in [5, 5.41) is 2.63. The molecule has 1 unspecified atom stereocenters. The zero-order chi connectivity index (χ0) is 21.8. The van der Waals surface area contributed by atoms with Gasteiger partial charge in [0, 0.05) is 6.20 Å². The van der Waals surface area contributed by atoms with Gasteiger partial charge in [0.1, 0.15) is 11.9 Å². The van der Waals surface area contributed by atoms with E-state index in [1.54, 1.807) is 31.2 Å². The first-order chi connectivity index (χ1) is 14.3. The van der Waals surface area contributed by atoms with Gasteiger partial charge in [-0.2, -0.15) is 0 Å². The molecule has 3 amide bonds. The van der Waals surface area contributed by atoms with Gasteiger partial charge in [-0.15, -0.1) is 0 Å². The van der Waals surface area contributed by atoms with Gasteiger partial charge in [-0.1, -0.05) is 26.0 Å². The number of anilines is 1. The van der Waals surface area contributed by atoms with Gasteiger partial charge in [0.25, 0.3) is 11.8 Å². The molecule has 156 valence electrons. The highest BCUT2D eigenvalue weighted by Crippen LogP contribution is 2.27. The number of carbonyl (C=O) groups excluding carboxylic acids is 4. The van der Waals surface area contributed by atoms with E-state index in [4.69, 9.17) is 4.74 Å². The van der Waals surface area contributed by atoms with E-state index >= 15 is 0 Å². The maximum atomic E-state index is 13.1. The van der Waals surface area contributed by atoms with Gasteiger partial charge in [-0.05, 0) is 43.5 Å². The van der Waals surface area contributed by atoms with Gasteiger partial charge in [-0.3, -0.25) is 19.3 Å². The Morgan fingerprint density at radius 3 is 2.30 bits per heavy atom. The van der Waals surface area contributed by atoms with Crippen molar-refractivity contribution < 1.29 is 23.9 Å². The lowest BCUT2D eigenvalue weighted by Gasteiger charge is -2.26. The quantitative estimate of drug-likeness (QED) is 0.557. The Bertz CT molecular complexity index is 967. The maximum absolute atomic E-state index is 13.1. The van der Waals surface area contributed by atoms with E-state index < -0.39 is 29.7 Å². The summed E-state index contributed by atoms with van der Waals surface area (Å²) in [6, 6.07) is 8.36. The van der Waals surface area contributed by atoms with Crippen molar-refractivity contribution in [1.82, 2.24) is 9.88 Å². The lowest BCUT2D eigenvalue weighted by Crippen LogP contribution is -2.48. The molecule has 8 heteroatoms. The van der Waals surface area contributed by atoms with Crippen LogP contribution in [-0.4, -0.2) is 46.2 Å². The number of fused-ring (bicyclic) bond motifs is 1. The molecule has 2 heterocycles. The molecule has 3 rings (SSSR count). The Balaban J connectivity index is 1.86. The van der Waals surface area contributed by atoms with E-state index in [1.807, 2.05) is 13.8 Å². The highest BCUT2D eigenvalue weighted by molar-refractivity contribution is 6.23. The average molecular weight is 409 g/mol. The number of hydrogen-bond donors (Lipinski definition) is 1. The molecule has 0 radical (unpaired) electrons. The van der Waals surface area contributed by atoms with Gasteiger partial charge >= 0.3 is 5.97 Å². The second-order valence-corrected chi connectivity index (χ2v) is 7.31. The fraction of sp³-hybridized carbons (Fsp3) is 0.318. The molecular formula is C22H23N3O5. The summed E-state index contributed by atoms with van der Waals surface area (Å²) < 4.78 is 4.96. The Kier molecular flexibility index (Phi) is 6.25. The van der Waals surface area contributed by atoms with Gasteiger partial charge in [0.15, 0.2) is 0 Å². The summed E-state index contributed by atoms with van der Waals surface area (Å²) in [5.74, 6) is -1.89. The number of nitrogens with one attached hydrogen (secondary N) is 1. The minimum absolute atomic E-state index is 0.0453. The number of ether oxygens (including phenoxy) is 1. The summed E-state index contributed by atoms with van der Waals surface area (Å²) >= 11 is 0. The molecule has 0 aliphatic carbocycles. The smallest absolute Gasteiger partial charge is 0.338 e. The normalized spacial score (nSPS) is 13.9. The molecule has 1 aromatic heterocycles. The molecule has 0 saturated carbocycles. The number of imide groups is 1. The number of pyridine rings is 1. The van der Waals surface area contributed by atoms with E-state index in [9.17, 15) is 19.2 Å². The fourth-order valence-electron chi connectivity index (χ4n) is 3.32. The van der Waals surface area contributed by atoms with Crippen LogP contribution in [0.2, 0.25) is 0 Å². The van der Waals surface area contributed by atoms with Crippen LogP contribution < -0.4 is 5.32 Å². The number of nitrogens with zero attached hydrogens (tertiary/aromatic N) is 2. The van der Waals surface area contributed by atoms with Crippen molar-refractivity contribution in [3.8, 4) is 0 Å². The summed E-state index contributed by atoms with van der Waals surface area (Å²) in [4.78, 5) is 55.8. The van der Waals surface area contributed by atoms with Gasteiger partial charge in [0.05, 0.1) is 23.3 Å². The van der Waals surface area contributed by atoms with Crippen LogP contribution in [0.25, 0.3) is 0 Å².